The lowest BCUT2D eigenvalue weighted by molar-refractivity contribution is -0.119. The molecule has 0 heterocycles. The largest absolute Gasteiger partial charge is 0.368 e. The molecule has 1 saturated carbocycles. The summed E-state index contributed by atoms with van der Waals surface area (Å²) in [4.78, 5) is 10.8. The molecular formula is C13H18N2O. The molecule has 1 aliphatic rings. The minimum absolute atomic E-state index is 0.275. The maximum atomic E-state index is 10.8. The molecule has 3 nitrogen and oxygen atoms in total. The summed E-state index contributed by atoms with van der Waals surface area (Å²) >= 11 is 0. The van der Waals surface area contributed by atoms with Gasteiger partial charge in [0.2, 0.25) is 5.91 Å². The van der Waals surface area contributed by atoms with Gasteiger partial charge >= 0.3 is 0 Å². The number of primary amides is 1. The molecule has 1 aromatic rings. The van der Waals surface area contributed by atoms with Gasteiger partial charge in [0.05, 0.1) is 6.04 Å². The molecule has 1 fully saturated rings. The summed E-state index contributed by atoms with van der Waals surface area (Å²) in [6.07, 6.45) is 2.66. The molecule has 1 unspecified atom stereocenters. The fourth-order valence-corrected chi connectivity index (χ4v) is 1.70. The van der Waals surface area contributed by atoms with Crippen LogP contribution in [0.3, 0.4) is 0 Å². The molecule has 86 valence electrons. The van der Waals surface area contributed by atoms with Crippen molar-refractivity contribution in [3.8, 4) is 0 Å². The normalized spacial score (nSPS) is 17.1. The summed E-state index contributed by atoms with van der Waals surface area (Å²) in [5.74, 6) is 0.487. The van der Waals surface area contributed by atoms with Gasteiger partial charge in [0, 0.05) is 6.54 Å². The van der Waals surface area contributed by atoms with E-state index in [1.54, 1.807) is 6.92 Å². The van der Waals surface area contributed by atoms with Gasteiger partial charge in [-0.2, -0.15) is 0 Å². The zero-order chi connectivity index (χ0) is 11.5. The Labute approximate surface area is 96.0 Å². The molecule has 2 rings (SSSR count). The number of amides is 1. The monoisotopic (exact) mass is 218 g/mol. The molecule has 3 N–H and O–H groups in total. The molecular weight excluding hydrogens is 200 g/mol. The second-order valence-electron chi connectivity index (χ2n) is 4.52. The average Bonchev–Trinajstić information content (AvgIpc) is 3.10. The smallest absolute Gasteiger partial charge is 0.234 e. The van der Waals surface area contributed by atoms with Crippen LogP contribution in [0, 0.1) is 0 Å². The summed E-state index contributed by atoms with van der Waals surface area (Å²) in [6.45, 7) is 2.47. The Hall–Kier alpha value is -1.35. The second kappa shape index (κ2) is 4.66. The van der Waals surface area contributed by atoms with Crippen LogP contribution in [0.1, 0.15) is 36.8 Å². The summed E-state index contributed by atoms with van der Waals surface area (Å²) in [7, 11) is 0. The van der Waals surface area contributed by atoms with E-state index in [9.17, 15) is 4.79 Å². The van der Waals surface area contributed by atoms with Crippen LogP contribution < -0.4 is 11.1 Å². The standard InChI is InChI=1S/C13H18N2O/c1-9(13(14)16)15-8-10-2-4-11(5-3-10)12-6-7-12/h2-5,9,12,15H,6-8H2,1H3,(H2,14,16). The number of benzene rings is 1. The van der Waals surface area contributed by atoms with Gasteiger partial charge in [-0.25, -0.2) is 0 Å². The van der Waals surface area contributed by atoms with Crippen molar-refractivity contribution in [2.24, 2.45) is 5.73 Å². The van der Waals surface area contributed by atoms with Crippen LogP contribution in [0.15, 0.2) is 24.3 Å². The Morgan fingerprint density at radius 1 is 1.44 bits per heavy atom. The number of carbonyl (C=O) groups is 1. The van der Waals surface area contributed by atoms with Crippen LogP contribution >= 0.6 is 0 Å². The highest BCUT2D eigenvalue weighted by atomic mass is 16.1. The third kappa shape index (κ3) is 2.83. The lowest BCUT2D eigenvalue weighted by Gasteiger charge is -2.10. The molecule has 1 aromatic carbocycles. The molecule has 3 heteroatoms. The van der Waals surface area contributed by atoms with Crippen LogP contribution in [-0.2, 0) is 11.3 Å². The second-order valence-corrected chi connectivity index (χ2v) is 4.52. The van der Waals surface area contributed by atoms with Crippen LogP contribution in [0.25, 0.3) is 0 Å². The third-order valence-corrected chi connectivity index (χ3v) is 3.07. The molecule has 0 saturated heterocycles. The molecule has 16 heavy (non-hydrogen) atoms. The first-order valence-electron chi connectivity index (χ1n) is 5.78. The minimum atomic E-state index is -0.311. The SMILES string of the molecule is CC(NCc1ccc(C2CC2)cc1)C(N)=O. The van der Waals surface area contributed by atoms with Gasteiger partial charge in [-0.3, -0.25) is 4.79 Å². The summed E-state index contributed by atoms with van der Waals surface area (Å²) < 4.78 is 0. The quantitative estimate of drug-likeness (QED) is 0.787. The molecule has 0 bridgehead atoms. The number of hydrogen-bond donors (Lipinski definition) is 2. The molecule has 0 aliphatic heterocycles. The van der Waals surface area contributed by atoms with E-state index >= 15 is 0 Å². The summed E-state index contributed by atoms with van der Waals surface area (Å²) in [5.41, 5.74) is 7.80. The van der Waals surface area contributed by atoms with E-state index in [0.29, 0.717) is 6.54 Å². The zero-order valence-electron chi connectivity index (χ0n) is 9.57. The third-order valence-electron chi connectivity index (χ3n) is 3.07. The predicted molar refractivity (Wildman–Crippen MR) is 63.9 cm³/mol. The Morgan fingerprint density at radius 2 is 2.06 bits per heavy atom. The highest BCUT2D eigenvalue weighted by Crippen LogP contribution is 2.39. The fourth-order valence-electron chi connectivity index (χ4n) is 1.70. The Morgan fingerprint density at radius 3 is 2.56 bits per heavy atom. The number of carbonyl (C=O) groups excluding carboxylic acids is 1. The van der Waals surface area contributed by atoms with Crippen molar-refractivity contribution in [2.75, 3.05) is 0 Å². The van der Waals surface area contributed by atoms with Gasteiger partial charge in [0.1, 0.15) is 0 Å². The first kappa shape index (κ1) is 11.1. The van der Waals surface area contributed by atoms with Gasteiger partial charge in [-0.15, -0.1) is 0 Å². The molecule has 0 radical (unpaired) electrons. The maximum absolute atomic E-state index is 10.8. The first-order chi connectivity index (χ1) is 7.66. The van der Waals surface area contributed by atoms with E-state index in [1.807, 2.05) is 0 Å². The van der Waals surface area contributed by atoms with Crippen LogP contribution in [0.2, 0.25) is 0 Å². The molecule has 0 aromatic heterocycles. The Bertz CT molecular complexity index is 368. The average molecular weight is 218 g/mol. The van der Waals surface area contributed by atoms with E-state index < -0.39 is 0 Å². The van der Waals surface area contributed by atoms with Crippen molar-refractivity contribution in [1.29, 1.82) is 0 Å². The van der Waals surface area contributed by atoms with Gasteiger partial charge in [0.25, 0.3) is 0 Å². The molecule has 1 aliphatic carbocycles. The van der Waals surface area contributed by atoms with Crippen molar-refractivity contribution >= 4 is 5.91 Å². The predicted octanol–water partition coefficient (Wildman–Crippen LogP) is 1.53. The van der Waals surface area contributed by atoms with Crippen LogP contribution in [-0.4, -0.2) is 11.9 Å². The zero-order valence-corrected chi connectivity index (χ0v) is 9.57. The molecule has 1 amide bonds. The fraction of sp³-hybridized carbons (Fsp3) is 0.462. The van der Waals surface area contributed by atoms with Gasteiger partial charge in [0.15, 0.2) is 0 Å². The van der Waals surface area contributed by atoms with Crippen LogP contribution in [0.5, 0.6) is 0 Å². The number of nitrogens with one attached hydrogen (secondary N) is 1. The number of nitrogens with two attached hydrogens (primary N) is 1. The van der Waals surface area contributed by atoms with E-state index in [2.05, 4.69) is 29.6 Å². The highest BCUT2D eigenvalue weighted by molar-refractivity contribution is 5.79. The van der Waals surface area contributed by atoms with E-state index in [-0.39, 0.29) is 11.9 Å². The molecule has 0 spiro atoms. The molecule has 1 atom stereocenters. The summed E-state index contributed by atoms with van der Waals surface area (Å²) in [5, 5.41) is 3.09. The van der Waals surface area contributed by atoms with Gasteiger partial charge in [-0.1, -0.05) is 24.3 Å². The van der Waals surface area contributed by atoms with Crippen LogP contribution in [0.4, 0.5) is 0 Å². The van der Waals surface area contributed by atoms with Crippen molar-refractivity contribution in [3.05, 3.63) is 35.4 Å². The Balaban J connectivity index is 1.87. The topological polar surface area (TPSA) is 55.1 Å². The number of hydrogen-bond acceptors (Lipinski definition) is 2. The lowest BCUT2D eigenvalue weighted by atomic mass is 10.1. The van der Waals surface area contributed by atoms with Crippen molar-refractivity contribution in [2.45, 2.75) is 38.3 Å². The van der Waals surface area contributed by atoms with Crippen molar-refractivity contribution in [3.63, 3.8) is 0 Å². The van der Waals surface area contributed by atoms with Gasteiger partial charge in [-0.05, 0) is 36.8 Å². The van der Waals surface area contributed by atoms with Gasteiger partial charge < -0.3 is 11.1 Å². The highest BCUT2D eigenvalue weighted by Gasteiger charge is 2.22. The number of rotatable bonds is 5. The minimum Gasteiger partial charge on any atom is -0.368 e. The lowest BCUT2D eigenvalue weighted by Crippen LogP contribution is -2.38. The first-order valence-corrected chi connectivity index (χ1v) is 5.78. The van der Waals surface area contributed by atoms with Crippen molar-refractivity contribution in [1.82, 2.24) is 5.32 Å². The Kier molecular flexibility index (Phi) is 3.25. The van der Waals surface area contributed by atoms with E-state index in [0.717, 1.165) is 5.92 Å². The maximum Gasteiger partial charge on any atom is 0.234 e. The summed E-state index contributed by atoms with van der Waals surface area (Å²) in [6, 6.07) is 8.33. The van der Waals surface area contributed by atoms with Crippen molar-refractivity contribution < 1.29 is 4.79 Å². The van der Waals surface area contributed by atoms with E-state index in [4.69, 9.17) is 5.73 Å². The van der Waals surface area contributed by atoms with E-state index in [1.165, 1.54) is 24.0 Å².